The van der Waals surface area contributed by atoms with Gasteiger partial charge in [-0.1, -0.05) is 26.2 Å². The first kappa shape index (κ1) is 8.44. The minimum absolute atomic E-state index is 1.10. The highest BCUT2D eigenvalue weighted by Crippen LogP contribution is 1.96. The van der Waals surface area contributed by atoms with E-state index in [1.807, 2.05) is 0 Å². The second kappa shape index (κ2) is 7.44. The maximum Gasteiger partial charge on any atom is 0.00875 e. The number of hydrogen-bond donors (Lipinski definition) is 1. The van der Waals surface area contributed by atoms with Crippen molar-refractivity contribution in [1.82, 2.24) is 4.34 Å². The van der Waals surface area contributed by atoms with E-state index in [1.54, 1.807) is 0 Å². The lowest BCUT2D eigenvalue weighted by Gasteiger charge is -1.94. The number of nitrogens with one attached hydrogen (secondary N) is 1. The molecule has 1 nitrogen and oxygen atoms in total. The highest BCUT2D eigenvalue weighted by atomic mass is 79.9. The Hall–Kier alpha value is 0.440. The van der Waals surface area contributed by atoms with Crippen molar-refractivity contribution >= 4 is 16.1 Å². The quantitative estimate of drug-likeness (QED) is 0.506. The third kappa shape index (κ3) is 6.44. The van der Waals surface area contributed by atoms with E-state index in [1.165, 1.54) is 25.7 Å². The van der Waals surface area contributed by atoms with Gasteiger partial charge in [0.1, 0.15) is 0 Å². The van der Waals surface area contributed by atoms with Crippen LogP contribution < -0.4 is 4.34 Å². The summed E-state index contributed by atoms with van der Waals surface area (Å²) in [5, 5.41) is 0. The summed E-state index contributed by atoms with van der Waals surface area (Å²) in [6.07, 6.45) is 5.34. The topological polar surface area (TPSA) is 12.0 Å². The Morgan fingerprint density at radius 1 is 1.25 bits per heavy atom. The van der Waals surface area contributed by atoms with E-state index in [-0.39, 0.29) is 0 Å². The van der Waals surface area contributed by atoms with E-state index in [0.29, 0.717) is 0 Å². The predicted octanol–water partition coefficient (Wildman–Crippen LogP) is 2.47. The first-order valence-electron chi connectivity index (χ1n) is 3.25. The Morgan fingerprint density at radius 3 is 2.50 bits per heavy atom. The van der Waals surface area contributed by atoms with Gasteiger partial charge in [0.05, 0.1) is 0 Å². The largest absolute Gasteiger partial charge is 0.256 e. The average Bonchev–Trinajstić information content (AvgIpc) is 1.81. The van der Waals surface area contributed by atoms with Gasteiger partial charge in [0.25, 0.3) is 0 Å². The normalized spacial score (nSPS) is 9.75. The summed E-state index contributed by atoms with van der Waals surface area (Å²) in [4.78, 5) is 0. The molecule has 0 aromatic carbocycles. The van der Waals surface area contributed by atoms with Crippen molar-refractivity contribution in [3.8, 4) is 0 Å². The van der Waals surface area contributed by atoms with Crippen LogP contribution in [-0.4, -0.2) is 6.54 Å². The van der Waals surface area contributed by atoms with E-state index in [9.17, 15) is 0 Å². The van der Waals surface area contributed by atoms with Gasteiger partial charge in [-0.25, -0.2) is 0 Å². The van der Waals surface area contributed by atoms with Crippen molar-refractivity contribution in [3.05, 3.63) is 0 Å². The number of hydrogen-bond acceptors (Lipinski definition) is 1. The zero-order chi connectivity index (χ0) is 6.24. The van der Waals surface area contributed by atoms with Crippen LogP contribution in [0.4, 0.5) is 0 Å². The first-order valence-corrected chi connectivity index (χ1v) is 4.04. The molecule has 2 heteroatoms. The third-order valence-corrected chi connectivity index (χ3v) is 1.52. The molecule has 0 unspecified atom stereocenters. The monoisotopic (exact) mass is 179 g/mol. The molecule has 0 atom stereocenters. The number of rotatable bonds is 5. The van der Waals surface area contributed by atoms with Gasteiger partial charge in [-0.15, -0.1) is 0 Å². The second-order valence-corrected chi connectivity index (χ2v) is 2.51. The van der Waals surface area contributed by atoms with E-state index >= 15 is 0 Å². The summed E-state index contributed by atoms with van der Waals surface area (Å²) < 4.78 is 2.94. The first-order chi connectivity index (χ1) is 3.91. The van der Waals surface area contributed by atoms with E-state index in [2.05, 4.69) is 27.4 Å². The van der Waals surface area contributed by atoms with Crippen molar-refractivity contribution in [2.45, 2.75) is 32.6 Å². The standard InChI is InChI=1S/C6H14BrN/c1-2-3-4-5-6-8-7/h8H,2-6H2,1H3. The highest BCUT2D eigenvalue weighted by Gasteiger charge is 1.83. The van der Waals surface area contributed by atoms with Crippen LogP contribution in [0.2, 0.25) is 0 Å². The molecule has 0 radical (unpaired) electrons. The Balaban J connectivity index is 2.53. The van der Waals surface area contributed by atoms with Gasteiger partial charge in [0, 0.05) is 22.7 Å². The van der Waals surface area contributed by atoms with Gasteiger partial charge in [-0.2, -0.15) is 0 Å². The van der Waals surface area contributed by atoms with Crippen LogP contribution in [-0.2, 0) is 0 Å². The third-order valence-electron chi connectivity index (χ3n) is 1.12. The molecule has 50 valence electrons. The molecule has 0 spiro atoms. The number of unbranched alkanes of at least 4 members (excludes halogenated alkanes) is 3. The van der Waals surface area contributed by atoms with Gasteiger partial charge < -0.3 is 0 Å². The second-order valence-electron chi connectivity index (χ2n) is 1.94. The number of halogens is 1. The molecule has 0 aromatic rings. The molecule has 0 heterocycles. The van der Waals surface area contributed by atoms with Gasteiger partial charge >= 0.3 is 0 Å². The Kier molecular flexibility index (Phi) is 7.85. The molecule has 0 aliphatic heterocycles. The van der Waals surface area contributed by atoms with Crippen LogP contribution in [0.25, 0.3) is 0 Å². The van der Waals surface area contributed by atoms with Crippen LogP contribution >= 0.6 is 16.1 Å². The van der Waals surface area contributed by atoms with Crippen molar-refractivity contribution < 1.29 is 0 Å². The molecule has 0 aliphatic rings. The molecule has 0 fully saturated rings. The lowest BCUT2D eigenvalue weighted by molar-refractivity contribution is 0.665. The Morgan fingerprint density at radius 2 is 2.00 bits per heavy atom. The average molecular weight is 180 g/mol. The molecule has 0 amide bonds. The van der Waals surface area contributed by atoms with Gasteiger partial charge in [0.2, 0.25) is 0 Å². The fraction of sp³-hybridized carbons (Fsp3) is 1.00. The molecule has 1 N–H and O–H groups in total. The van der Waals surface area contributed by atoms with Crippen molar-refractivity contribution in [2.24, 2.45) is 0 Å². The molecular weight excluding hydrogens is 166 g/mol. The smallest absolute Gasteiger partial charge is 0.00875 e. The van der Waals surface area contributed by atoms with Crippen LogP contribution in [0, 0.1) is 0 Å². The molecule has 0 rings (SSSR count). The van der Waals surface area contributed by atoms with Crippen LogP contribution in [0.5, 0.6) is 0 Å². The lowest BCUT2D eigenvalue weighted by Crippen LogP contribution is -1.98. The molecule has 8 heavy (non-hydrogen) atoms. The fourth-order valence-corrected chi connectivity index (χ4v) is 0.899. The molecule has 0 aromatic heterocycles. The molecular formula is C6H14BrN. The summed E-state index contributed by atoms with van der Waals surface area (Å²) in [6.45, 7) is 3.32. The van der Waals surface area contributed by atoms with Crippen LogP contribution in [0.1, 0.15) is 32.6 Å². The zero-order valence-electron chi connectivity index (χ0n) is 5.41. The maximum atomic E-state index is 3.15. The summed E-state index contributed by atoms with van der Waals surface area (Å²) in [5.41, 5.74) is 0. The minimum atomic E-state index is 1.10. The maximum absolute atomic E-state index is 3.15. The molecule has 0 saturated heterocycles. The van der Waals surface area contributed by atoms with Gasteiger partial charge in [-0.05, 0) is 6.42 Å². The summed E-state index contributed by atoms with van der Waals surface area (Å²) in [7, 11) is 0. The van der Waals surface area contributed by atoms with Gasteiger partial charge in [0.15, 0.2) is 0 Å². The van der Waals surface area contributed by atoms with Crippen molar-refractivity contribution in [3.63, 3.8) is 0 Å². The van der Waals surface area contributed by atoms with E-state index in [0.717, 1.165) is 6.54 Å². The van der Waals surface area contributed by atoms with E-state index in [4.69, 9.17) is 0 Å². The van der Waals surface area contributed by atoms with E-state index < -0.39 is 0 Å². The summed E-state index contributed by atoms with van der Waals surface area (Å²) >= 11 is 3.15. The zero-order valence-corrected chi connectivity index (χ0v) is 7.00. The van der Waals surface area contributed by atoms with Gasteiger partial charge in [-0.3, -0.25) is 4.34 Å². The van der Waals surface area contributed by atoms with Crippen LogP contribution in [0.15, 0.2) is 0 Å². The Labute approximate surface area is 60.2 Å². The van der Waals surface area contributed by atoms with Crippen molar-refractivity contribution in [1.29, 1.82) is 0 Å². The fourth-order valence-electron chi connectivity index (χ4n) is 0.619. The van der Waals surface area contributed by atoms with Crippen molar-refractivity contribution in [2.75, 3.05) is 6.54 Å². The predicted molar refractivity (Wildman–Crippen MR) is 41.1 cm³/mol. The Bertz CT molecular complexity index is 33.5. The summed E-state index contributed by atoms with van der Waals surface area (Å²) in [6, 6.07) is 0. The molecule has 0 bridgehead atoms. The SMILES string of the molecule is CCCCCCNBr. The summed E-state index contributed by atoms with van der Waals surface area (Å²) in [5.74, 6) is 0. The lowest BCUT2D eigenvalue weighted by atomic mass is 10.2. The van der Waals surface area contributed by atoms with Crippen LogP contribution in [0.3, 0.4) is 0 Å². The highest BCUT2D eigenvalue weighted by molar-refractivity contribution is 9.08. The minimum Gasteiger partial charge on any atom is -0.256 e. The molecule has 0 aliphatic carbocycles. The molecule has 0 saturated carbocycles.